The normalized spacial score (nSPS) is 15.8. The summed E-state index contributed by atoms with van der Waals surface area (Å²) in [6, 6.07) is 15.5. The number of amides is 2. The van der Waals surface area contributed by atoms with Gasteiger partial charge in [-0.05, 0) is 49.4 Å². The van der Waals surface area contributed by atoms with Crippen molar-refractivity contribution in [3.05, 3.63) is 94.8 Å². The fourth-order valence-electron chi connectivity index (χ4n) is 4.12. The van der Waals surface area contributed by atoms with Crippen LogP contribution in [-0.4, -0.2) is 33.2 Å². The predicted octanol–water partition coefficient (Wildman–Crippen LogP) is 4.15. The Morgan fingerprint density at radius 3 is 2.55 bits per heavy atom. The molecule has 7 heteroatoms. The molecule has 1 aliphatic rings. The highest BCUT2D eigenvalue weighted by Crippen LogP contribution is 2.29. The molecule has 1 aliphatic heterocycles. The predicted molar refractivity (Wildman–Crippen MR) is 123 cm³/mol. The van der Waals surface area contributed by atoms with E-state index in [0.717, 1.165) is 30.4 Å². The maximum atomic E-state index is 13.1. The Morgan fingerprint density at radius 2 is 1.82 bits per heavy atom. The van der Waals surface area contributed by atoms with E-state index in [-0.39, 0.29) is 30.2 Å². The van der Waals surface area contributed by atoms with Gasteiger partial charge in [-0.1, -0.05) is 42.5 Å². The van der Waals surface area contributed by atoms with Gasteiger partial charge in [0.1, 0.15) is 5.82 Å². The summed E-state index contributed by atoms with van der Waals surface area (Å²) in [7, 11) is 0. The van der Waals surface area contributed by atoms with E-state index >= 15 is 0 Å². The maximum Gasteiger partial charge on any atom is 0.254 e. The Balaban J connectivity index is 1.45. The van der Waals surface area contributed by atoms with E-state index in [2.05, 4.69) is 15.3 Å². The van der Waals surface area contributed by atoms with Crippen LogP contribution in [0, 0.1) is 12.7 Å². The van der Waals surface area contributed by atoms with Crippen molar-refractivity contribution >= 4 is 11.8 Å². The van der Waals surface area contributed by atoms with Gasteiger partial charge in [0.15, 0.2) is 5.82 Å². The molecule has 1 aromatic heterocycles. The lowest BCUT2D eigenvalue weighted by atomic mass is 9.99. The number of rotatable bonds is 6. The lowest BCUT2D eigenvalue weighted by Gasteiger charge is -2.35. The molecule has 1 atom stereocenters. The smallest absolute Gasteiger partial charge is 0.254 e. The largest absolute Gasteiger partial charge is 0.348 e. The first-order valence-electron chi connectivity index (χ1n) is 11.2. The van der Waals surface area contributed by atoms with Crippen LogP contribution in [0.5, 0.6) is 0 Å². The summed E-state index contributed by atoms with van der Waals surface area (Å²) in [4.78, 5) is 36.6. The third-order valence-electron chi connectivity index (χ3n) is 5.93. The molecule has 0 spiro atoms. The zero-order valence-corrected chi connectivity index (χ0v) is 18.6. The number of piperidine rings is 1. The van der Waals surface area contributed by atoms with Gasteiger partial charge >= 0.3 is 0 Å². The highest BCUT2D eigenvalue weighted by molar-refractivity contribution is 5.94. The lowest BCUT2D eigenvalue weighted by molar-refractivity contribution is -0.134. The van der Waals surface area contributed by atoms with Gasteiger partial charge in [-0.2, -0.15) is 0 Å². The molecule has 0 unspecified atom stereocenters. The standard InChI is InChI=1S/C26H27FN4O2/c1-18-22(26(33)29-16-20-10-12-21(27)13-11-20)17-28-25(30-18)23-9-5-6-14-31(23)24(32)15-19-7-3-2-4-8-19/h2-4,7-8,10-13,17,23H,5-6,9,14-16H2,1H3,(H,29,33)/t23-/m0/s1. The minimum Gasteiger partial charge on any atom is -0.348 e. The number of carbonyl (C=O) groups is 2. The molecule has 1 N–H and O–H groups in total. The van der Waals surface area contributed by atoms with Crippen LogP contribution in [0.25, 0.3) is 0 Å². The Bertz CT molecular complexity index is 1120. The third-order valence-corrected chi connectivity index (χ3v) is 5.93. The van der Waals surface area contributed by atoms with Crippen molar-refractivity contribution in [3.63, 3.8) is 0 Å². The number of benzene rings is 2. The number of hydrogen-bond acceptors (Lipinski definition) is 4. The van der Waals surface area contributed by atoms with Gasteiger partial charge in [-0.3, -0.25) is 9.59 Å². The van der Waals surface area contributed by atoms with Crippen molar-refractivity contribution in [2.75, 3.05) is 6.54 Å². The van der Waals surface area contributed by atoms with E-state index in [0.29, 0.717) is 30.0 Å². The Hall–Kier alpha value is -3.61. The first kappa shape index (κ1) is 22.6. The summed E-state index contributed by atoms with van der Waals surface area (Å²) in [5.41, 5.74) is 2.74. The van der Waals surface area contributed by atoms with Crippen LogP contribution in [0.2, 0.25) is 0 Å². The Labute approximate surface area is 192 Å². The van der Waals surface area contributed by atoms with Gasteiger partial charge in [0.2, 0.25) is 5.91 Å². The first-order chi connectivity index (χ1) is 16.0. The van der Waals surface area contributed by atoms with E-state index in [1.54, 1.807) is 19.1 Å². The molecule has 1 fully saturated rings. The molecule has 33 heavy (non-hydrogen) atoms. The van der Waals surface area contributed by atoms with Gasteiger partial charge in [-0.25, -0.2) is 14.4 Å². The first-order valence-corrected chi connectivity index (χ1v) is 11.2. The number of hydrogen-bond donors (Lipinski definition) is 1. The van der Waals surface area contributed by atoms with Crippen molar-refractivity contribution in [1.82, 2.24) is 20.2 Å². The number of nitrogens with one attached hydrogen (secondary N) is 1. The molecular weight excluding hydrogens is 419 g/mol. The summed E-state index contributed by atoms with van der Waals surface area (Å²) in [5.74, 6) is 0.0323. The molecular formula is C26H27FN4O2. The van der Waals surface area contributed by atoms with Crippen LogP contribution in [0.1, 0.15) is 58.3 Å². The minimum absolute atomic E-state index is 0.0632. The summed E-state index contributed by atoms with van der Waals surface area (Å²) < 4.78 is 13.1. The molecule has 2 heterocycles. The molecule has 0 bridgehead atoms. The van der Waals surface area contributed by atoms with Crippen molar-refractivity contribution in [2.24, 2.45) is 0 Å². The highest BCUT2D eigenvalue weighted by Gasteiger charge is 2.30. The molecule has 2 aromatic carbocycles. The van der Waals surface area contributed by atoms with E-state index in [1.807, 2.05) is 35.2 Å². The molecule has 0 aliphatic carbocycles. The van der Waals surface area contributed by atoms with Gasteiger partial charge < -0.3 is 10.2 Å². The van der Waals surface area contributed by atoms with E-state index < -0.39 is 0 Å². The molecule has 1 saturated heterocycles. The number of nitrogens with zero attached hydrogens (tertiary/aromatic N) is 3. The van der Waals surface area contributed by atoms with Crippen molar-refractivity contribution in [1.29, 1.82) is 0 Å². The van der Waals surface area contributed by atoms with Crippen LogP contribution in [0.3, 0.4) is 0 Å². The molecule has 4 rings (SSSR count). The van der Waals surface area contributed by atoms with E-state index in [4.69, 9.17) is 0 Å². The van der Waals surface area contributed by atoms with Gasteiger partial charge in [0, 0.05) is 19.3 Å². The van der Waals surface area contributed by atoms with Gasteiger partial charge in [-0.15, -0.1) is 0 Å². The Morgan fingerprint density at radius 1 is 1.06 bits per heavy atom. The number of aryl methyl sites for hydroxylation is 1. The summed E-state index contributed by atoms with van der Waals surface area (Å²) in [5, 5.41) is 2.82. The highest BCUT2D eigenvalue weighted by atomic mass is 19.1. The lowest BCUT2D eigenvalue weighted by Crippen LogP contribution is -2.40. The zero-order valence-electron chi connectivity index (χ0n) is 18.6. The summed E-state index contributed by atoms with van der Waals surface area (Å²) in [6.45, 7) is 2.74. The minimum atomic E-state index is -0.316. The molecule has 3 aromatic rings. The molecule has 0 radical (unpaired) electrons. The maximum absolute atomic E-state index is 13.1. The van der Waals surface area contributed by atoms with Crippen molar-refractivity contribution in [2.45, 2.75) is 45.2 Å². The number of carbonyl (C=O) groups excluding carboxylic acids is 2. The van der Waals surface area contributed by atoms with Crippen molar-refractivity contribution < 1.29 is 14.0 Å². The van der Waals surface area contributed by atoms with Crippen molar-refractivity contribution in [3.8, 4) is 0 Å². The SMILES string of the molecule is Cc1nc([C@@H]2CCCCN2C(=O)Cc2ccccc2)ncc1C(=O)NCc1ccc(F)cc1. The number of halogens is 1. The van der Waals surface area contributed by atoms with Gasteiger partial charge in [0.05, 0.1) is 23.7 Å². The van der Waals surface area contributed by atoms with Crippen LogP contribution in [-0.2, 0) is 17.8 Å². The fourth-order valence-corrected chi connectivity index (χ4v) is 4.12. The monoisotopic (exact) mass is 446 g/mol. The van der Waals surface area contributed by atoms with Gasteiger partial charge in [0.25, 0.3) is 5.91 Å². The molecule has 6 nitrogen and oxygen atoms in total. The molecule has 170 valence electrons. The van der Waals surface area contributed by atoms with E-state index in [9.17, 15) is 14.0 Å². The zero-order chi connectivity index (χ0) is 23.2. The third kappa shape index (κ3) is 5.61. The summed E-state index contributed by atoms with van der Waals surface area (Å²) in [6.07, 6.45) is 4.64. The van der Waals surface area contributed by atoms with Crippen LogP contribution in [0.4, 0.5) is 4.39 Å². The summed E-state index contributed by atoms with van der Waals surface area (Å²) >= 11 is 0. The molecule has 0 saturated carbocycles. The topological polar surface area (TPSA) is 75.2 Å². The van der Waals surface area contributed by atoms with Crippen LogP contribution >= 0.6 is 0 Å². The van der Waals surface area contributed by atoms with E-state index in [1.165, 1.54) is 18.3 Å². The fraction of sp³-hybridized carbons (Fsp3) is 0.308. The quantitative estimate of drug-likeness (QED) is 0.617. The second-order valence-corrected chi connectivity index (χ2v) is 8.30. The van der Waals surface area contributed by atoms with Crippen LogP contribution in [0.15, 0.2) is 60.8 Å². The number of aromatic nitrogens is 2. The second kappa shape index (κ2) is 10.3. The Kier molecular flexibility index (Phi) is 7.07. The molecule has 2 amide bonds. The number of likely N-dealkylation sites (tertiary alicyclic amines) is 1. The van der Waals surface area contributed by atoms with Crippen LogP contribution < -0.4 is 5.32 Å². The average Bonchev–Trinajstić information content (AvgIpc) is 2.84. The average molecular weight is 447 g/mol. The second-order valence-electron chi connectivity index (χ2n) is 8.30.